The van der Waals surface area contributed by atoms with Gasteiger partial charge in [-0.25, -0.2) is 0 Å². The van der Waals surface area contributed by atoms with Crippen LogP contribution in [0.15, 0.2) is 87.0 Å². The van der Waals surface area contributed by atoms with Crippen LogP contribution in [-0.4, -0.2) is 47.6 Å². The average Bonchev–Trinajstić information content (AvgIpc) is 3.48. The summed E-state index contributed by atoms with van der Waals surface area (Å²) in [6, 6.07) is 18.6. The molecule has 0 radical (unpaired) electrons. The second kappa shape index (κ2) is 10.3. The Morgan fingerprint density at radius 2 is 1.74 bits per heavy atom. The molecule has 3 aromatic carbocycles. The first-order valence-corrected chi connectivity index (χ1v) is 12.6. The molecule has 2 N–H and O–H groups in total. The van der Waals surface area contributed by atoms with Gasteiger partial charge in [0, 0.05) is 11.9 Å². The van der Waals surface area contributed by atoms with Crippen LogP contribution in [0.4, 0.5) is 0 Å². The van der Waals surface area contributed by atoms with Crippen molar-refractivity contribution in [3.05, 3.63) is 99.4 Å². The normalized spacial score (nSPS) is 15.4. The van der Waals surface area contributed by atoms with Crippen molar-refractivity contribution in [2.24, 2.45) is 0 Å². The Bertz CT molecular complexity index is 1570. The van der Waals surface area contributed by atoms with E-state index in [0.29, 0.717) is 33.2 Å². The zero-order valence-corrected chi connectivity index (χ0v) is 22.2. The number of hydrogen-bond acceptors (Lipinski definition) is 7. The minimum absolute atomic E-state index is 0.0430. The van der Waals surface area contributed by atoms with Crippen molar-refractivity contribution >= 4 is 38.6 Å². The lowest BCUT2D eigenvalue weighted by atomic mass is 9.94. The van der Waals surface area contributed by atoms with Crippen molar-refractivity contribution in [3.8, 4) is 17.2 Å². The lowest BCUT2D eigenvalue weighted by Gasteiger charge is -2.27. The first kappa shape index (κ1) is 25.4. The number of aromatic hydroxyl groups is 1. The monoisotopic (exact) mass is 577 g/mol. The maximum absolute atomic E-state index is 13.9. The van der Waals surface area contributed by atoms with Gasteiger partial charge in [-0.2, -0.15) is 0 Å². The number of furan rings is 1. The van der Waals surface area contributed by atoms with Crippen LogP contribution in [0.5, 0.6) is 17.2 Å². The second-order valence-electron chi connectivity index (χ2n) is 8.77. The number of hydrogen-bond donors (Lipinski definition) is 2. The third-order valence-electron chi connectivity index (χ3n) is 6.57. The quantitative estimate of drug-likeness (QED) is 0.257. The van der Waals surface area contributed by atoms with Crippen molar-refractivity contribution in [2.45, 2.75) is 12.5 Å². The fourth-order valence-electron chi connectivity index (χ4n) is 4.71. The standard InChI is InChI=1S/C29H24BrNO7/c1-36-20-10-6-9-17-14-22(38-28(17)20)26(33)23-24(18-13-19(30)25(32)21(15-18)37-2)31(29(35)27(23)34)12-11-16-7-4-3-5-8-16/h3-10,13-15,24,32,34H,11-12H2,1-2H3. The van der Waals surface area contributed by atoms with E-state index in [1.165, 1.54) is 19.1 Å². The van der Waals surface area contributed by atoms with E-state index in [9.17, 15) is 19.8 Å². The number of para-hydroxylation sites is 1. The van der Waals surface area contributed by atoms with Gasteiger partial charge in [0.25, 0.3) is 5.91 Å². The SMILES string of the molecule is COc1cc(C2C(C(=O)c3cc4cccc(OC)c4o3)=C(O)C(=O)N2CCc2ccccc2)cc(Br)c1O. The first-order chi connectivity index (χ1) is 18.3. The van der Waals surface area contributed by atoms with Crippen LogP contribution in [0.3, 0.4) is 0 Å². The van der Waals surface area contributed by atoms with Gasteiger partial charge in [-0.15, -0.1) is 0 Å². The van der Waals surface area contributed by atoms with E-state index in [2.05, 4.69) is 15.9 Å². The molecule has 1 amide bonds. The maximum atomic E-state index is 13.9. The van der Waals surface area contributed by atoms with Crippen LogP contribution in [-0.2, 0) is 11.2 Å². The molecular weight excluding hydrogens is 554 g/mol. The summed E-state index contributed by atoms with van der Waals surface area (Å²) in [5, 5.41) is 22.0. The molecule has 9 heteroatoms. The summed E-state index contributed by atoms with van der Waals surface area (Å²) in [5.74, 6) is -1.52. The highest BCUT2D eigenvalue weighted by Gasteiger charge is 2.45. The van der Waals surface area contributed by atoms with Gasteiger partial charge in [-0.1, -0.05) is 42.5 Å². The van der Waals surface area contributed by atoms with Crippen molar-refractivity contribution < 1.29 is 33.7 Å². The van der Waals surface area contributed by atoms with E-state index in [1.807, 2.05) is 30.3 Å². The Morgan fingerprint density at radius 1 is 1.00 bits per heavy atom. The zero-order valence-electron chi connectivity index (χ0n) is 20.6. The third kappa shape index (κ3) is 4.39. The number of rotatable bonds is 8. The van der Waals surface area contributed by atoms with Gasteiger partial charge in [0.2, 0.25) is 5.78 Å². The summed E-state index contributed by atoms with van der Waals surface area (Å²) >= 11 is 3.32. The number of phenols is 1. The number of carbonyl (C=O) groups excluding carboxylic acids is 2. The van der Waals surface area contributed by atoms with Gasteiger partial charge in [0.15, 0.2) is 34.4 Å². The van der Waals surface area contributed by atoms with E-state index >= 15 is 0 Å². The highest BCUT2D eigenvalue weighted by Crippen LogP contribution is 2.44. The molecule has 194 valence electrons. The lowest BCUT2D eigenvalue weighted by molar-refractivity contribution is -0.129. The molecule has 1 aliphatic heterocycles. The smallest absolute Gasteiger partial charge is 0.290 e. The molecule has 4 aromatic rings. The van der Waals surface area contributed by atoms with Crippen LogP contribution in [0.2, 0.25) is 0 Å². The lowest BCUT2D eigenvalue weighted by Crippen LogP contribution is -2.33. The zero-order chi connectivity index (χ0) is 27.0. The summed E-state index contributed by atoms with van der Waals surface area (Å²) < 4.78 is 16.8. The molecular formula is C29H24BrNO7. The molecule has 5 rings (SSSR count). The van der Waals surface area contributed by atoms with E-state index in [-0.39, 0.29) is 29.4 Å². The summed E-state index contributed by atoms with van der Waals surface area (Å²) in [6.45, 7) is 0.225. The molecule has 1 atom stereocenters. The number of nitrogens with zero attached hydrogens (tertiary/aromatic N) is 1. The number of phenolic OH excluding ortho intramolecular Hbond substituents is 1. The first-order valence-electron chi connectivity index (χ1n) is 11.8. The van der Waals surface area contributed by atoms with E-state index in [1.54, 1.807) is 36.4 Å². The van der Waals surface area contributed by atoms with Crippen LogP contribution in [0.25, 0.3) is 11.0 Å². The minimum atomic E-state index is -0.959. The predicted octanol–water partition coefficient (Wildman–Crippen LogP) is 5.74. The Labute approximate surface area is 226 Å². The molecule has 2 heterocycles. The summed E-state index contributed by atoms with van der Waals surface area (Å²) in [5.41, 5.74) is 1.72. The average molecular weight is 578 g/mol. The number of fused-ring (bicyclic) bond motifs is 1. The van der Waals surface area contributed by atoms with Gasteiger partial charge >= 0.3 is 0 Å². The molecule has 8 nitrogen and oxygen atoms in total. The predicted molar refractivity (Wildman–Crippen MR) is 144 cm³/mol. The number of methoxy groups -OCH3 is 2. The largest absolute Gasteiger partial charge is 0.503 e. The van der Waals surface area contributed by atoms with Crippen molar-refractivity contribution in [1.82, 2.24) is 4.90 Å². The van der Waals surface area contributed by atoms with Gasteiger partial charge < -0.3 is 29.0 Å². The van der Waals surface area contributed by atoms with Crippen LogP contribution in [0.1, 0.15) is 27.7 Å². The van der Waals surface area contributed by atoms with E-state index in [0.717, 1.165) is 5.56 Å². The van der Waals surface area contributed by atoms with Crippen LogP contribution < -0.4 is 9.47 Å². The number of Topliss-reactive ketones (excluding diaryl/α,β-unsaturated/α-hetero) is 1. The molecule has 0 saturated carbocycles. The summed E-state index contributed by atoms with van der Waals surface area (Å²) in [4.78, 5) is 28.7. The summed E-state index contributed by atoms with van der Waals surface area (Å²) in [7, 11) is 2.90. The summed E-state index contributed by atoms with van der Waals surface area (Å²) in [6.07, 6.45) is 0.496. The Balaban J connectivity index is 1.61. The van der Waals surface area contributed by atoms with Gasteiger partial charge in [0.1, 0.15) is 0 Å². The van der Waals surface area contributed by atoms with Crippen molar-refractivity contribution in [2.75, 3.05) is 20.8 Å². The molecule has 0 spiro atoms. The molecule has 1 aromatic heterocycles. The maximum Gasteiger partial charge on any atom is 0.290 e. The Hall–Kier alpha value is -4.24. The van der Waals surface area contributed by atoms with E-state index in [4.69, 9.17) is 13.9 Å². The highest BCUT2D eigenvalue weighted by atomic mass is 79.9. The molecule has 38 heavy (non-hydrogen) atoms. The topological polar surface area (TPSA) is 109 Å². The number of amides is 1. The third-order valence-corrected chi connectivity index (χ3v) is 7.18. The number of halogens is 1. The molecule has 0 aliphatic carbocycles. The minimum Gasteiger partial charge on any atom is -0.503 e. The Morgan fingerprint density at radius 3 is 2.45 bits per heavy atom. The molecule has 0 saturated heterocycles. The van der Waals surface area contributed by atoms with Gasteiger partial charge in [0.05, 0.1) is 30.3 Å². The van der Waals surface area contributed by atoms with Crippen molar-refractivity contribution in [1.29, 1.82) is 0 Å². The number of carbonyl (C=O) groups is 2. The van der Waals surface area contributed by atoms with Gasteiger partial charge in [-0.3, -0.25) is 9.59 Å². The van der Waals surface area contributed by atoms with E-state index < -0.39 is 23.5 Å². The van der Waals surface area contributed by atoms with Crippen LogP contribution in [0, 0.1) is 0 Å². The van der Waals surface area contributed by atoms with Crippen LogP contribution >= 0.6 is 15.9 Å². The van der Waals surface area contributed by atoms with Gasteiger partial charge in [-0.05, 0) is 57.7 Å². The number of ketones is 1. The molecule has 0 fully saturated rings. The molecule has 0 bridgehead atoms. The number of ether oxygens (including phenoxy) is 2. The van der Waals surface area contributed by atoms with Crippen molar-refractivity contribution in [3.63, 3.8) is 0 Å². The second-order valence-corrected chi connectivity index (χ2v) is 9.63. The number of benzene rings is 3. The number of aliphatic hydroxyl groups excluding tert-OH is 1. The fourth-order valence-corrected chi connectivity index (χ4v) is 5.17. The molecule has 1 unspecified atom stereocenters. The molecule has 1 aliphatic rings. The fraction of sp³-hybridized carbons (Fsp3) is 0.172. The highest BCUT2D eigenvalue weighted by molar-refractivity contribution is 9.10. The Kier molecular flexibility index (Phi) is 6.86. The number of aliphatic hydroxyl groups is 1.